The Kier molecular flexibility index (Phi) is 5.79. The molecule has 1 aromatic heterocycles. The number of carbonyl (C=O) groups excluding carboxylic acids is 2. The molecule has 1 amide bonds. The Bertz CT molecular complexity index is 1170. The number of hydrogen-bond acceptors (Lipinski definition) is 4. The predicted molar refractivity (Wildman–Crippen MR) is 112 cm³/mol. The van der Waals surface area contributed by atoms with Crippen molar-refractivity contribution in [3.63, 3.8) is 0 Å². The average Bonchev–Trinajstić information content (AvgIpc) is 3.05. The maximum Gasteiger partial charge on any atom is 0.325 e. The number of nitrogens with zero attached hydrogens (tertiary/aromatic N) is 2. The van der Waals surface area contributed by atoms with Crippen LogP contribution in [0.4, 0.5) is 5.69 Å². The van der Waals surface area contributed by atoms with Crippen molar-refractivity contribution in [1.29, 1.82) is 5.26 Å². The van der Waals surface area contributed by atoms with E-state index in [9.17, 15) is 14.9 Å². The van der Waals surface area contributed by atoms with Crippen LogP contribution in [-0.2, 0) is 20.9 Å². The van der Waals surface area contributed by atoms with Gasteiger partial charge in [0.2, 0.25) is 0 Å². The molecule has 3 rings (SSSR count). The summed E-state index contributed by atoms with van der Waals surface area (Å²) in [5.41, 5.74) is 4.15. The lowest BCUT2D eigenvalue weighted by molar-refractivity contribution is -0.141. The van der Waals surface area contributed by atoms with Gasteiger partial charge < -0.3 is 14.6 Å². The van der Waals surface area contributed by atoms with Crippen LogP contribution in [0.15, 0.2) is 54.2 Å². The number of rotatable bonds is 5. The van der Waals surface area contributed by atoms with Crippen LogP contribution >= 0.6 is 0 Å². The van der Waals surface area contributed by atoms with Gasteiger partial charge in [0.05, 0.1) is 7.11 Å². The summed E-state index contributed by atoms with van der Waals surface area (Å²) in [6.45, 7) is 3.92. The molecule has 1 N–H and O–H groups in total. The van der Waals surface area contributed by atoms with Crippen molar-refractivity contribution in [3.8, 4) is 6.07 Å². The second-order valence-electron chi connectivity index (χ2n) is 6.75. The molecule has 0 aliphatic rings. The molecule has 0 saturated heterocycles. The van der Waals surface area contributed by atoms with Crippen molar-refractivity contribution in [1.82, 2.24) is 4.57 Å². The summed E-state index contributed by atoms with van der Waals surface area (Å²) in [6, 6.07) is 15.1. The van der Waals surface area contributed by atoms with Crippen LogP contribution in [0.2, 0.25) is 0 Å². The van der Waals surface area contributed by atoms with E-state index in [0.717, 1.165) is 22.0 Å². The van der Waals surface area contributed by atoms with Gasteiger partial charge in [0.1, 0.15) is 18.2 Å². The highest BCUT2D eigenvalue weighted by atomic mass is 16.5. The number of aromatic nitrogens is 1. The fourth-order valence-electron chi connectivity index (χ4n) is 3.17. The quantitative estimate of drug-likeness (QED) is 0.408. The number of methoxy groups -OCH3 is 1. The fraction of sp³-hybridized carbons (Fsp3) is 0.174. The van der Waals surface area contributed by atoms with Crippen molar-refractivity contribution in [2.24, 2.45) is 0 Å². The van der Waals surface area contributed by atoms with Crippen LogP contribution in [0, 0.1) is 25.2 Å². The highest BCUT2D eigenvalue weighted by Gasteiger charge is 2.14. The van der Waals surface area contributed by atoms with Crippen LogP contribution in [-0.4, -0.2) is 23.6 Å². The number of nitriles is 1. The number of nitrogens with one attached hydrogen (secondary N) is 1. The SMILES string of the molecule is COC(=O)Cn1cc(/C=C(/C#N)C(=O)Nc2ccc(C)cc2C)c2ccccc21. The van der Waals surface area contributed by atoms with Crippen molar-refractivity contribution in [2.75, 3.05) is 12.4 Å². The van der Waals surface area contributed by atoms with Gasteiger partial charge in [-0.1, -0.05) is 35.9 Å². The molecule has 0 atom stereocenters. The number of esters is 1. The first-order valence-corrected chi connectivity index (χ1v) is 9.08. The van der Waals surface area contributed by atoms with Gasteiger partial charge in [0.15, 0.2) is 0 Å². The summed E-state index contributed by atoms with van der Waals surface area (Å²) in [5.74, 6) is -0.862. The number of aryl methyl sites for hydroxylation is 2. The molecular weight excluding hydrogens is 366 g/mol. The van der Waals surface area contributed by atoms with E-state index in [0.29, 0.717) is 11.3 Å². The molecule has 6 nitrogen and oxygen atoms in total. The van der Waals surface area contributed by atoms with Crippen LogP contribution in [0.5, 0.6) is 0 Å². The van der Waals surface area contributed by atoms with Gasteiger partial charge in [-0.15, -0.1) is 0 Å². The molecule has 2 aromatic carbocycles. The molecule has 0 radical (unpaired) electrons. The zero-order valence-electron chi connectivity index (χ0n) is 16.5. The third-order valence-electron chi connectivity index (χ3n) is 4.64. The van der Waals surface area contributed by atoms with Crippen molar-refractivity contribution >= 4 is 34.5 Å². The number of para-hydroxylation sites is 1. The van der Waals surface area contributed by atoms with Crippen LogP contribution in [0.25, 0.3) is 17.0 Å². The Morgan fingerprint density at radius 3 is 2.66 bits per heavy atom. The number of benzene rings is 2. The maximum absolute atomic E-state index is 12.7. The lowest BCUT2D eigenvalue weighted by Crippen LogP contribution is -2.14. The van der Waals surface area contributed by atoms with Crippen LogP contribution in [0.1, 0.15) is 16.7 Å². The Morgan fingerprint density at radius 1 is 1.21 bits per heavy atom. The smallest absolute Gasteiger partial charge is 0.325 e. The maximum atomic E-state index is 12.7. The lowest BCUT2D eigenvalue weighted by atomic mass is 10.1. The van der Waals surface area contributed by atoms with Gasteiger partial charge in [-0.05, 0) is 37.6 Å². The topological polar surface area (TPSA) is 84.1 Å². The van der Waals surface area contributed by atoms with Crippen molar-refractivity contribution in [2.45, 2.75) is 20.4 Å². The second-order valence-corrected chi connectivity index (χ2v) is 6.75. The van der Waals surface area contributed by atoms with E-state index < -0.39 is 5.91 Å². The molecule has 0 spiro atoms. The van der Waals surface area contributed by atoms with Gasteiger partial charge >= 0.3 is 5.97 Å². The zero-order valence-corrected chi connectivity index (χ0v) is 16.5. The molecule has 3 aromatic rings. The van der Waals surface area contributed by atoms with E-state index in [4.69, 9.17) is 4.74 Å². The van der Waals surface area contributed by atoms with Crippen molar-refractivity contribution < 1.29 is 14.3 Å². The van der Waals surface area contributed by atoms with Crippen molar-refractivity contribution in [3.05, 3.63) is 70.9 Å². The normalized spacial score (nSPS) is 11.2. The fourth-order valence-corrected chi connectivity index (χ4v) is 3.17. The minimum atomic E-state index is -0.482. The standard InChI is InChI=1S/C23H21N3O3/c1-15-8-9-20(16(2)10-15)25-23(28)17(12-24)11-18-13-26(14-22(27)29-3)21-7-5-4-6-19(18)21/h4-11,13H,14H2,1-3H3,(H,25,28)/b17-11-. The van der Waals surface area contributed by atoms with E-state index in [2.05, 4.69) is 5.32 Å². The van der Waals surface area contributed by atoms with E-state index in [1.165, 1.54) is 13.2 Å². The Balaban J connectivity index is 1.96. The van der Waals surface area contributed by atoms with E-state index >= 15 is 0 Å². The third-order valence-corrected chi connectivity index (χ3v) is 4.64. The Labute approximate surface area is 169 Å². The molecule has 146 valence electrons. The number of ether oxygens (including phenoxy) is 1. The Morgan fingerprint density at radius 2 is 1.97 bits per heavy atom. The summed E-state index contributed by atoms with van der Waals surface area (Å²) in [6.07, 6.45) is 3.28. The highest BCUT2D eigenvalue weighted by Crippen LogP contribution is 2.24. The van der Waals surface area contributed by atoms with Gasteiger partial charge in [-0.2, -0.15) is 5.26 Å². The molecule has 0 unspecified atom stereocenters. The van der Waals surface area contributed by atoms with Gasteiger partial charge in [-0.25, -0.2) is 0 Å². The number of carbonyl (C=O) groups is 2. The minimum absolute atomic E-state index is 0.0223. The van der Waals surface area contributed by atoms with Crippen LogP contribution < -0.4 is 5.32 Å². The van der Waals surface area contributed by atoms with E-state index in [1.54, 1.807) is 10.8 Å². The molecule has 0 aliphatic heterocycles. The molecule has 0 aliphatic carbocycles. The summed E-state index contributed by atoms with van der Waals surface area (Å²) in [7, 11) is 1.33. The van der Waals surface area contributed by atoms with E-state index in [-0.39, 0.29) is 18.1 Å². The van der Waals surface area contributed by atoms with Gasteiger partial charge in [-0.3, -0.25) is 9.59 Å². The first-order chi connectivity index (χ1) is 13.9. The summed E-state index contributed by atoms with van der Waals surface area (Å²) in [5, 5.41) is 13.2. The summed E-state index contributed by atoms with van der Waals surface area (Å²) >= 11 is 0. The second kappa shape index (κ2) is 8.44. The van der Waals surface area contributed by atoms with Gasteiger partial charge in [0, 0.05) is 28.4 Å². The number of anilines is 1. The first-order valence-electron chi connectivity index (χ1n) is 9.08. The lowest BCUT2D eigenvalue weighted by Gasteiger charge is -2.08. The Hall–Kier alpha value is -3.85. The molecular formula is C23H21N3O3. The largest absolute Gasteiger partial charge is 0.468 e. The predicted octanol–water partition coefficient (Wildman–Crippen LogP) is 3.98. The first kappa shape index (κ1) is 19.9. The highest BCUT2D eigenvalue weighted by molar-refractivity contribution is 6.11. The molecule has 6 heteroatoms. The third kappa shape index (κ3) is 4.36. The molecule has 0 fully saturated rings. The number of fused-ring (bicyclic) bond motifs is 1. The molecule has 0 bridgehead atoms. The van der Waals surface area contributed by atoms with E-state index in [1.807, 2.05) is 62.4 Å². The molecule has 1 heterocycles. The zero-order chi connectivity index (χ0) is 21.0. The molecule has 0 saturated carbocycles. The van der Waals surface area contributed by atoms with Crippen LogP contribution in [0.3, 0.4) is 0 Å². The molecule has 29 heavy (non-hydrogen) atoms. The number of hydrogen-bond donors (Lipinski definition) is 1. The minimum Gasteiger partial charge on any atom is -0.468 e. The monoisotopic (exact) mass is 387 g/mol. The number of amides is 1. The van der Waals surface area contributed by atoms with Gasteiger partial charge in [0.25, 0.3) is 5.91 Å². The average molecular weight is 387 g/mol. The summed E-state index contributed by atoms with van der Waals surface area (Å²) in [4.78, 5) is 24.4. The summed E-state index contributed by atoms with van der Waals surface area (Å²) < 4.78 is 6.49.